The van der Waals surface area contributed by atoms with E-state index in [0.717, 1.165) is 41.4 Å². The van der Waals surface area contributed by atoms with Crippen molar-refractivity contribution in [2.24, 2.45) is 0 Å². The van der Waals surface area contributed by atoms with Gasteiger partial charge in [-0.05, 0) is 44.6 Å². The van der Waals surface area contributed by atoms with Gasteiger partial charge in [-0.2, -0.15) is 11.8 Å². The third-order valence-corrected chi connectivity index (χ3v) is 7.59. The van der Waals surface area contributed by atoms with E-state index in [1.807, 2.05) is 24.8 Å². The minimum Gasteiger partial charge on any atom is -0.312 e. The molecule has 1 aliphatic rings. The molecule has 0 radical (unpaired) electrons. The van der Waals surface area contributed by atoms with E-state index < -0.39 is 10.0 Å². The maximum absolute atomic E-state index is 12.4. The van der Waals surface area contributed by atoms with E-state index in [2.05, 4.69) is 17.0 Å². The van der Waals surface area contributed by atoms with Crippen molar-refractivity contribution in [1.29, 1.82) is 0 Å². The quantitative estimate of drug-likeness (QED) is 0.709. The minimum absolute atomic E-state index is 0.435. The van der Waals surface area contributed by atoms with Crippen LogP contribution in [0.2, 0.25) is 0 Å². The average molecular weight is 349 g/mol. The van der Waals surface area contributed by atoms with Gasteiger partial charge in [-0.3, -0.25) is 0 Å². The van der Waals surface area contributed by atoms with E-state index in [-0.39, 0.29) is 0 Å². The summed E-state index contributed by atoms with van der Waals surface area (Å²) in [4.78, 5) is 2.40. The van der Waals surface area contributed by atoms with Gasteiger partial charge >= 0.3 is 0 Å². The van der Waals surface area contributed by atoms with Crippen molar-refractivity contribution < 1.29 is 8.42 Å². The Hall–Kier alpha value is -0.0800. The van der Waals surface area contributed by atoms with E-state index in [4.69, 9.17) is 0 Å². The van der Waals surface area contributed by atoms with Gasteiger partial charge in [0.2, 0.25) is 10.0 Å². The van der Waals surface area contributed by atoms with E-state index in [9.17, 15) is 8.42 Å². The van der Waals surface area contributed by atoms with Crippen LogP contribution in [-0.2, 0) is 16.6 Å². The Labute approximate surface area is 136 Å². The Morgan fingerprint density at radius 2 is 2.24 bits per heavy atom. The lowest BCUT2D eigenvalue weighted by molar-refractivity contribution is 0.578. The molecule has 21 heavy (non-hydrogen) atoms. The molecule has 1 unspecified atom stereocenters. The number of hydrogen-bond donors (Lipinski definition) is 2. The number of hydrogen-bond acceptors (Lipinski definition) is 5. The topological polar surface area (TPSA) is 58.2 Å². The molecule has 120 valence electrons. The summed E-state index contributed by atoms with van der Waals surface area (Å²) >= 11 is 3.43. The zero-order valence-corrected chi connectivity index (χ0v) is 15.1. The third kappa shape index (κ3) is 4.96. The van der Waals surface area contributed by atoms with Gasteiger partial charge in [0.15, 0.2) is 0 Å². The molecule has 0 spiro atoms. The van der Waals surface area contributed by atoms with Gasteiger partial charge in [0, 0.05) is 28.1 Å². The molecule has 4 nitrogen and oxygen atoms in total. The lowest BCUT2D eigenvalue weighted by Crippen LogP contribution is -2.30. The normalized spacial score (nSPS) is 19.2. The van der Waals surface area contributed by atoms with Gasteiger partial charge in [0.1, 0.15) is 0 Å². The second-order valence-electron chi connectivity index (χ2n) is 5.30. The van der Waals surface area contributed by atoms with Gasteiger partial charge in [-0.1, -0.05) is 6.92 Å². The number of thiophene rings is 1. The zero-order valence-electron chi connectivity index (χ0n) is 12.6. The van der Waals surface area contributed by atoms with E-state index in [1.54, 1.807) is 11.3 Å². The molecule has 2 heterocycles. The molecule has 1 aromatic rings. The molecule has 0 aromatic carbocycles. The molecule has 1 fully saturated rings. The van der Waals surface area contributed by atoms with Crippen LogP contribution in [0.5, 0.6) is 0 Å². The van der Waals surface area contributed by atoms with Crippen LogP contribution in [0, 0.1) is 6.92 Å². The summed E-state index contributed by atoms with van der Waals surface area (Å²) in [5, 5.41) is 3.75. The van der Waals surface area contributed by atoms with E-state index >= 15 is 0 Å². The second kappa shape index (κ2) is 7.97. The standard InChI is InChI=1S/C14H24N2O2S3/c1-3-6-15-9-13-8-14(11(2)20-13)21(17,18)16-10-12-5-4-7-19-12/h8,12,15-16H,3-7,9-10H2,1-2H3. The molecule has 1 saturated heterocycles. The van der Waals surface area contributed by atoms with E-state index in [1.165, 1.54) is 6.42 Å². The van der Waals surface area contributed by atoms with Crippen LogP contribution in [0.3, 0.4) is 0 Å². The Morgan fingerprint density at radius 1 is 1.43 bits per heavy atom. The predicted octanol–water partition coefficient (Wildman–Crippen LogP) is 2.73. The number of rotatable bonds is 8. The SMILES string of the molecule is CCCNCc1cc(S(=O)(=O)NCC2CCCS2)c(C)s1. The van der Waals surface area contributed by atoms with Crippen LogP contribution < -0.4 is 10.0 Å². The smallest absolute Gasteiger partial charge is 0.241 e. The fourth-order valence-corrected chi connectivity index (χ4v) is 6.34. The highest BCUT2D eigenvalue weighted by molar-refractivity contribution is 8.00. The van der Waals surface area contributed by atoms with Crippen molar-refractivity contribution >= 4 is 33.1 Å². The maximum Gasteiger partial charge on any atom is 0.241 e. The summed E-state index contributed by atoms with van der Waals surface area (Å²) in [6.07, 6.45) is 3.39. The highest BCUT2D eigenvalue weighted by atomic mass is 32.2. The van der Waals surface area contributed by atoms with Crippen molar-refractivity contribution in [3.05, 3.63) is 15.8 Å². The van der Waals surface area contributed by atoms with Crippen LogP contribution in [0.4, 0.5) is 0 Å². The minimum atomic E-state index is -3.37. The highest BCUT2D eigenvalue weighted by Crippen LogP contribution is 2.28. The number of aryl methyl sites for hydroxylation is 1. The summed E-state index contributed by atoms with van der Waals surface area (Å²) < 4.78 is 27.6. The lowest BCUT2D eigenvalue weighted by Gasteiger charge is -2.10. The first kappa shape index (κ1) is 17.3. The monoisotopic (exact) mass is 348 g/mol. The van der Waals surface area contributed by atoms with Gasteiger partial charge in [0.05, 0.1) is 4.90 Å². The fourth-order valence-electron chi connectivity index (χ4n) is 2.35. The lowest BCUT2D eigenvalue weighted by atomic mass is 10.2. The summed E-state index contributed by atoms with van der Waals surface area (Å²) in [6.45, 7) is 6.25. The summed E-state index contributed by atoms with van der Waals surface area (Å²) in [5.41, 5.74) is 0. The summed E-state index contributed by atoms with van der Waals surface area (Å²) in [5.74, 6) is 1.15. The molecule has 0 bridgehead atoms. The van der Waals surface area contributed by atoms with Crippen molar-refractivity contribution in [1.82, 2.24) is 10.0 Å². The van der Waals surface area contributed by atoms with Crippen LogP contribution in [-0.4, -0.2) is 32.5 Å². The second-order valence-corrected chi connectivity index (χ2v) is 9.78. The van der Waals surface area contributed by atoms with Gasteiger partial charge in [-0.25, -0.2) is 13.1 Å². The zero-order chi connectivity index (χ0) is 15.3. The molecular formula is C14H24N2O2S3. The number of sulfonamides is 1. The third-order valence-electron chi connectivity index (χ3n) is 3.46. The Morgan fingerprint density at radius 3 is 2.90 bits per heavy atom. The molecule has 0 saturated carbocycles. The molecular weight excluding hydrogens is 324 g/mol. The van der Waals surface area contributed by atoms with E-state index in [0.29, 0.717) is 16.7 Å². The highest BCUT2D eigenvalue weighted by Gasteiger charge is 2.23. The molecule has 1 aliphatic heterocycles. The Bertz CT molecular complexity index is 549. The molecule has 2 rings (SSSR count). The molecule has 1 atom stereocenters. The first-order chi connectivity index (χ1) is 10.0. The van der Waals surface area contributed by atoms with Crippen molar-refractivity contribution in [3.8, 4) is 0 Å². The summed E-state index contributed by atoms with van der Waals surface area (Å²) in [7, 11) is -3.37. The van der Waals surface area contributed by atoms with Crippen molar-refractivity contribution in [2.45, 2.75) is 49.8 Å². The molecule has 2 N–H and O–H groups in total. The first-order valence-electron chi connectivity index (χ1n) is 7.44. The largest absolute Gasteiger partial charge is 0.312 e. The molecule has 0 aliphatic carbocycles. The molecule has 1 aromatic heterocycles. The number of thioether (sulfide) groups is 1. The van der Waals surface area contributed by atoms with Gasteiger partial charge in [-0.15, -0.1) is 11.3 Å². The van der Waals surface area contributed by atoms with Gasteiger partial charge < -0.3 is 5.32 Å². The molecule has 0 amide bonds. The maximum atomic E-state index is 12.4. The predicted molar refractivity (Wildman–Crippen MR) is 91.7 cm³/mol. The van der Waals surface area contributed by atoms with Crippen molar-refractivity contribution in [3.63, 3.8) is 0 Å². The fraction of sp³-hybridized carbons (Fsp3) is 0.714. The van der Waals surface area contributed by atoms with Crippen LogP contribution in [0.25, 0.3) is 0 Å². The van der Waals surface area contributed by atoms with Crippen LogP contribution >= 0.6 is 23.1 Å². The Kier molecular flexibility index (Phi) is 6.55. The molecule has 7 heteroatoms. The number of nitrogens with one attached hydrogen (secondary N) is 2. The van der Waals surface area contributed by atoms with Crippen LogP contribution in [0.15, 0.2) is 11.0 Å². The van der Waals surface area contributed by atoms with Crippen molar-refractivity contribution in [2.75, 3.05) is 18.8 Å². The summed E-state index contributed by atoms with van der Waals surface area (Å²) in [6, 6.07) is 1.81. The van der Waals surface area contributed by atoms with Crippen LogP contribution in [0.1, 0.15) is 35.9 Å². The average Bonchev–Trinajstić information content (AvgIpc) is 3.07. The Balaban J connectivity index is 1.97. The van der Waals surface area contributed by atoms with Gasteiger partial charge in [0.25, 0.3) is 0 Å². The first-order valence-corrected chi connectivity index (χ1v) is 10.8.